The molecule has 0 spiro atoms. The van der Waals surface area contributed by atoms with Gasteiger partial charge in [0.2, 0.25) is 9.84 Å². The minimum atomic E-state index is -3.73. The fourth-order valence-corrected chi connectivity index (χ4v) is 4.75. The van der Waals surface area contributed by atoms with E-state index in [1.165, 1.54) is 24.3 Å². The lowest BCUT2D eigenvalue weighted by Crippen LogP contribution is -2.32. The van der Waals surface area contributed by atoms with Crippen molar-refractivity contribution < 1.29 is 23.4 Å². The zero-order valence-electron chi connectivity index (χ0n) is 17.8. The van der Waals surface area contributed by atoms with Gasteiger partial charge in [-0.3, -0.25) is 0 Å². The Morgan fingerprint density at radius 3 is 2.12 bits per heavy atom. The van der Waals surface area contributed by atoms with Gasteiger partial charge in [0.15, 0.2) is 0 Å². The second-order valence-electron chi connectivity index (χ2n) is 7.56. The molecule has 6 nitrogen and oxygen atoms in total. The highest BCUT2D eigenvalue weighted by molar-refractivity contribution is 7.91. The van der Waals surface area contributed by atoms with Crippen molar-refractivity contribution in [2.24, 2.45) is 0 Å². The van der Waals surface area contributed by atoms with Crippen LogP contribution in [0.3, 0.4) is 0 Å². The Hall–Kier alpha value is -2.42. The highest BCUT2D eigenvalue weighted by atomic mass is 35.5. The van der Waals surface area contributed by atoms with Crippen molar-refractivity contribution in [2.45, 2.75) is 35.3 Å². The van der Waals surface area contributed by atoms with E-state index in [4.69, 9.17) is 16.7 Å². The summed E-state index contributed by atoms with van der Waals surface area (Å²) in [6.07, 6.45) is -0.0354. The summed E-state index contributed by atoms with van der Waals surface area (Å²) >= 11 is 5.96. The molecule has 0 aliphatic heterocycles. The summed E-state index contributed by atoms with van der Waals surface area (Å²) in [6.45, 7) is 2.35. The van der Waals surface area contributed by atoms with Crippen molar-refractivity contribution in [3.63, 3.8) is 0 Å². The Bertz CT molecular complexity index is 1180. The van der Waals surface area contributed by atoms with E-state index in [-0.39, 0.29) is 33.8 Å². The number of nitrogens with one attached hydrogen (secondary N) is 1. The Labute approximate surface area is 204 Å². The Morgan fingerprint density at radius 1 is 1.00 bits per heavy atom. The van der Waals surface area contributed by atoms with Crippen molar-refractivity contribution in [1.82, 2.24) is 5.32 Å². The number of hydrogen-bond acceptors (Lipinski definition) is 5. The maximum atomic E-state index is 12.8. The molecule has 0 bridgehead atoms. The van der Waals surface area contributed by atoms with Crippen LogP contribution >= 0.6 is 24.0 Å². The minimum absolute atomic E-state index is 0. The first kappa shape index (κ1) is 26.8. The molecule has 3 rings (SSSR count). The number of sulfone groups is 1. The largest absolute Gasteiger partial charge is 0.478 e. The number of rotatable bonds is 9. The molecule has 0 heterocycles. The van der Waals surface area contributed by atoms with Crippen molar-refractivity contribution in [3.8, 4) is 0 Å². The van der Waals surface area contributed by atoms with Crippen molar-refractivity contribution in [1.29, 1.82) is 0 Å². The maximum absolute atomic E-state index is 12.8. The van der Waals surface area contributed by atoms with Crippen LogP contribution in [0.2, 0.25) is 5.02 Å². The van der Waals surface area contributed by atoms with Gasteiger partial charge in [0.25, 0.3) is 0 Å². The summed E-state index contributed by atoms with van der Waals surface area (Å²) in [7, 11) is -3.73. The molecule has 2 atom stereocenters. The molecular weight excluding hydrogens is 485 g/mol. The number of hydrogen-bond donors (Lipinski definition) is 3. The van der Waals surface area contributed by atoms with Crippen molar-refractivity contribution in [3.05, 3.63) is 94.5 Å². The van der Waals surface area contributed by atoms with Crippen LogP contribution in [0.5, 0.6) is 0 Å². The number of carboxylic acids is 1. The molecule has 0 saturated heterocycles. The fourth-order valence-electron chi connectivity index (χ4n) is 3.29. The lowest BCUT2D eigenvalue weighted by atomic mass is 10.1. The van der Waals surface area contributed by atoms with Gasteiger partial charge >= 0.3 is 5.97 Å². The van der Waals surface area contributed by atoms with Gasteiger partial charge in [-0.2, -0.15) is 0 Å². The predicted molar refractivity (Wildman–Crippen MR) is 130 cm³/mol. The summed E-state index contributed by atoms with van der Waals surface area (Å²) in [6, 6.07) is 18.9. The van der Waals surface area contributed by atoms with E-state index in [0.717, 1.165) is 11.1 Å². The molecule has 3 aromatic carbocycles. The van der Waals surface area contributed by atoms with Crippen LogP contribution in [0, 0.1) is 0 Å². The summed E-state index contributed by atoms with van der Waals surface area (Å²) in [5.41, 5.74) is 1.71. The molecule has 0 aromatic heterocycles. The standard InChI is InChI=1S/C24H24ClNO5S.ClH/c1-16(26-15-23(27)19-3-2-4-20(25)14-19)13-17-5-9-21(10-6-17)32(30,31)22-11-7-18(8-12-22)24(28)29;/h2-12,14,16,23,26-27H,13,15H2,1H3,(H,28,29);1H/t16-,23-;/m1./s1. The molecule has 3 aromatic rings. The van der Waals surface area contributed by atoms with E-state index in [1.54, 1.807) is 42.5 Å². The molecule has 0 fully saturated rings. The van der Waals surface area contributed by atoms with Gasteiger partial charge in [0, 0.05) is 17.6 Å². The quantitative estimate of drug-likeness (QED) is 0.391. The Balaban J connectivity index is 0.00000385. The number of halogens is 2. The fraction of sp³-hybridized carbons (Fsp3) is 0.208. The van der Waals surface area contributed by atoms with Crippen LogP contribution in [-0.2, 0) is 16.3 Å². The molecule has 3 N–H and O–H groups in total. The number of aliphatic hydroxyl groups excluding tert-OH is 1. The molecule has 9 heteroatoms. The summed E-state index contributed by atoms with van der Waals surface area (Å²) in [4.78, 5) is 11.1. The van der Waals surface area contributed by atoms with Gasteiger partial charge in [-0.25, -0.2) is 13.2 Å². The normalized spacial score (nSPS) is 13.1. The van der Waals surface area contributed by atoms with Crippen LogP contribution in [0.25, 0.3) is 0 Å². The van der Waals surface area contributed by atoms with Crippen LogP contribution in [0.1, 0.15) is 34.5 Å². The van der Waals surface area contributed by atoms with E-state index in [2.05, 4.69) is 5.32 Å². The maximum Gasteiger partial charge on any atom is 0.335 e. The highest BCUT2D eigenvalue weighted by Gasteiger charge is 2.18. The topological polar surface area (TPSA) is 104 Å². The average Bonchev–Trinajstić information content (AvgIpc) is 2.78. The SMILES string of the molecule is C[C@H](Cc1ccc(S(=O)(=O)c2ccc(C(=O)O)cc2)cc1)NC[C@@H](O)c1cccc(Cl)c1.Cl. The van der Waals surface area contributed by atoms with E-state index in [9.17, 15) is 18.3 Å². The molecule has 0 unspecified atom stereocenters. The first-order valence-electron chi connectivity index (χ1n) is 10.0. The smallest absolute Gasteiger partial charge is 0.335 e. The van der Waals surface area contributed by atoms with Gasteiger partial charge in [0.1, 0.15) is 0 Å². The van der Waals surface area contributed by atoms with Gasteiger partial charge < -0.3 is 15.5 Å². The highest BCUT2D eigenvalue weighted by Crippen LogP contribution is 2.22. The number of aliphatic hydroxyl groups is 1. The lowest BCUT2D eigenvalue weighted by Gasteiger charge is -2.18. The van der Waals surface area contributed by atoms with Crippen LogP contribution in [0.4, 0.5) is 0 Å². The third kappa shape index (κ3) is 7.03. The number of aromatic carboxylic acids is 1. The third-order valence-electron chi connectivity index (χ3n) is 5.08. The van der Waals surface area contributed by atoms with E-state index in [0.29, 0.717) is 18.0 Å². The number of carboxylic acid groups (broad SMARTS) is 1. The molecule has 176 valence electrons. The van der Waals surface area contributed by atoms with Crippen LogP contribution in [0.15, 0.2) is 82.6 Å². The zero-order valence-corrected chi connectivity index (χ0v) is 20.2. The Kier molecular flexibility index (Phi) is 9.46. The van der Waals surface area contributed by atoms with Crippen molar-refractivity contribution in [2.75, 3.05) is 6.54 Å². The molecule has 33 heavy (non-hydrogen) atoms. The van der Waals surface area contributed by atoms with Crippen LogP contribution in [-0.4, -0.2) is 37.2 Å². The monoisotopic (exact) mass is 509 g/mol. The van der Waals surface area contributed by atoms with Crippen LogP contribution < -0.4 is 5.32 Å². The number of carbonyl (C=O) groups is 1. The second kappa shape index (κ2) is 11.6. The number of benzene rings is 3. The third-order valence-corrected chi connectivity index (χ3v) is 7.10. The molecule has 0 saturated carbocycles. The molecular formula is C24H25Cl2NO5S. The van der Waals surface area contributed by atoms with Gasteiger partial charge in [-0.05, 0) is 73.0 Å². The van der Waals surface area contributed by atoms with Gasteiger partial charge in [0.05, 0.1) is 21.5 Å². The summed E-state index contributed by atoms with van der Waals surface area (Å²) in [5, 5.41) is 23.1. The molecule has 0 radical (unpaired) electrons. The second-order valence-corrected chi connectivity index (χ2v) is 9.95. The average molecular weight is 510 g/mol. The molecule has 0 amide bonds. The Morgan fingerprint density at radius 2 is 1.58 bits per heavy atom. The zero-order chi connectivity index (χ0) is 23.3. The minimum Gasteiger partial charge on any atom is -0.478 e. The van der Waals surface area contributed by atoms with E-state index < -0.39 is 21.9 Å². The summed E-state index contributed by atoms with van der Waals surface area (Å²) < 4.78 is 25.6. The van der Waals surface area contributed by atoms with E-state index >= 15 is 0 Å². The first-order valence-corrected chi connectivity index (χ1v) is 11.9. The summed E-state index contributed by atoms with van der Waals surface area (Å²) in [5.74, 6) is -1.11. The predicted octanol–water partition coefficient (Wildman–Crippen LogP) is 4.55. The lowest BCUT2D eigenvalue weighted by molar-refractivity contribution is 0.0696. The first-order chi connectivity index (χ1) is 15.2. The van der Waals surface area contributed by atoms with E-state index in [1.807, 2.05) is 13.0 Å². The van der Waals surface area contributed by atoms with Crippen molar-refractivity contribution >= 4 is 39.8 Å². The molecule has 0 aliphatic carbocycles. The van der Waals surface area contributed by atoms with Gasteiger partial charge in [-0.15, -0.1) is 12.4 Å². The molecule has 0 aliphatic rings. The van der Waals surface area contributed by atoms with Gasteiger partial charge in [-0.1, -0.05) is 35.9 Å².